The van der Waals surface area contributed by atoms with E-state index < -0.39 is 5.97 Å². The van der Waals surface area contributed by atoms with Crippen molar-refractivity contribution < 1.29 is 14.6 Å². The zero-order valence-electron chi connectivity index (χ0n) is 15.5. The number of aromatic amines is 1. The number of aliphatic carboxylic acids is 1. The molecular formula is C21H24N2O3. The molecule has 0 aliphatic carbocycles. The Bertz CT molecular complexity index is 934. The van der Waals surface area contributed by atoms with Crippen molar-refractivity contribution in [1.82, 2.24) is 4.98 Å². The number of carboxylic acids is 1. The molecular weight excluding hydrogens is 328 g/mol. The summed E-state index contributed by atoms with van der Waals surface area (Å²) in [5, 5.41) is 12.9. The summed E-state index contributed by atoms with van der Waals surface area (Å²) in [5.74, 6) is 1.13. The van der Waals surface area contributed by atoms with Gasteiger partial charge in [0.1, 0.15) is 18.0 Å². The number of carboxylic acid groups (broad SMARTS) is 1. The van der Waals surface area contributed by atoms with Crippen molar-refractivity contribution in [2.75, 3.05) is 11.9 Å². The van der Waals surface area contributed by atoms with E-state index in [4.69, 9.17) is 9.84 Å². The summed E-state index contributed by atoms with van der Waals surface area (Å²) >= 11 is 0. The van der Waals surface area contributed by atoms with Crippen molar-refractivity contribution in [2.24, 2.45) is 0 Å². The Labute approximate surface area is 153 Å². The van der Waals surface area contributed by atoms with Gasteiger partial charge in [-0.05, 0) is 66.8 Å². The van der Waals surface area contributed by atoms with Crippen molar-refractivity contribution >= 4 is 22.6 Å². The fourth-order valence-corrected chi connectivity index (χ4v) is 3.17. The highest BCUT2D eigenvalue weighted by Crippen LogP contribution is 2.34. The van der Waals surface area contributed by atoms with Gasteiger partial charge in [-0.1, -0.05) is 13.8 Å². The van der Waals surface area contributed by atoms with Crippen molar-refractivity contribution in [3.05, 3.63) is 53.2 Å². The molecule has 1 heterocycles. The van der Waals surface area contributed by atoms with Crippen LogP contribution >= 0.6 is 0 Å². The van der Waals surface area contributed by atoms with Gasteiger partial charge in [0, 0.05) is 22.8 Å². The first kappa shape index (κ1) is 17.9. The van der Waals surface area contributed by atoms with E-state index in [9.17, 15) is 4.79 Å². The average molecular weight is 352 g/mol. The Hall–Kier alpha value is -2.95. The molecule has 0 amide bonds. The summed E-state index contributed by atoms with van der Waals surface area (Å²) in [6.07, 6.45) is 2.05. The number of rotatable bonds is 6. The predicted molar refractivity (Wildman–Crippen MR) is 105 cm³/mol. The smallest absolute Gasteiger partial charge is 0.322 e. The Morgan fingerprint density at radius 1 is 1.19 bits per heavy atom. The number of hydrogen-bond donors (Lipinski definition) is 3. The molecule has 0 spiro atoms. The monoisotopic (exact) mass is 352 g/mol. The molecule has 0 saturated carbocycles. The van der Waals surface area contributed by atoms with Crippen LogP contribution in [-0.2, 0) is 4.79 Å². The second-order valence-electron chi connectivity index (χ2n) is 6.89. The second-order valence-corrected chi connectivity index (χ2v) is 6.89. The highest BCUT2D eigenvalue weighted by Gasteiger charge is 2.12. The molecule has 2 aromatic carbocycles. The molecule has 5 nitrogen and oxygen atoms in total. The number of carbonyl (C=O) groups is 1. The van der Waals surface area contributed by atoms with E-state index in [1.165, 1.54) is 10.9 Å². The van der Waals surface area contributed by atoms with Gasteiger partial charge in [-0.15, -0.1) is 0 Å². The fraction of sp³-hybridized carbons (Fsp3) is 0.286. The summed E-state index contributed by atoms with van der Waals surface area (Å²) in [4.78, 5) is 14.0. The van der Waals surface area contributed by atoms with Crippen LogP contribution in [0.3, 0.4) is 0 Å². The molecule has 0 aliphatic rings. The first-order valence-electron chi connectivity index (χ1n) is 8.71. The zero-order valence-corrected chi connectivity index (χ0v) is 15.5. The van der Waals surface area contributed by atoms with Crippen LogP contribution in [0.2, 0.25) is 0 Å². The lowest BCUT2D eigenvalue weighted by atomic mass is 10.0. The number of benzene rings is 2. The number of H-pyrrole nitrogens is 1. The molecule has 3 rings (SSSR count). The minimum absolute atomic E-state index is 0.110. The molecule has 0 bridgehead atoms. The Balaban J connectivity index is 1.89. The third-order valence-corrected chi connectivity index (χ3v) is 4.43. The van der Waals surface area contributed by atoms with Crippen LogP contribution in [0.25, 0.3) is 10.9 Å². The van der Waals surface area contributed by atoms with E-state index in [2.05, 4.69) is 36.4 Å². The number of aryl methyl sites for hydroxylation is 2. The van der Waals surface area contributed by atoms with Gasteiger partial charge in [-0.3, -0.25) is 4.79 Å². The number of anilines is 1. The van der Waals surface area contributed by atoms with Gasteiger partial charge in [0.05, 0.1) is 0 Å². The number of fused-ring (bicyclic) bond motifs is 1. The molecule has 3 aromatic rings. The Morgan fingerprint density at radius 2 is 1.88 bits per heavy atom. The predicted octanol–water partition coefficient (Wildman–Crippen LogP) is 5.20. The molecule has 0 unspecified atom stereocenters. The van der Waals surface area contributed by atoms with E-state index >= 15 is 0 Å². The van der Waals surface area contributed by atoms with Crippen LogP contribution in [0, 0.1) is 13.8 Å². The molecule has 26 heavy (non-hydrogen) atoms. The lowest BCUT2D eigenvalue weighted by Crippen LogP contribution is -2.12. The Kier molecular flexibility index (Phi) is 4.89. The normalized spacial score (nSPS) is 11.1. The molecule has 1 aromatic heterocycles. The van der Waals surface area contributed by atoms with Crippen LogP contribution in [0.15, 0.2) is 36.5 Å². The summed E-state index contributed by atoms with van der Waals surface area (Å²) in [6, 6.07) is 9.86. The van der Waals surface area contributed by atoms with E-state index in [0.717, 1.165) is 33.8 Å². The summed E-state index contributed by atoms with van der Waals surface area (Å²) in [6.45, 7) is 8.16. The van der Waals surface area contributed by atoms with Gasteiger partial charge in [0.25, 0.3) is 0 Å². The largest absolute Gasteiger partial charge is 0.480 e. The van der Waals surface area contributed by atoms with E-state index in [1.807, 2.05) is 38.1 Å². The van der Waals surface area contributed by atoms with Crippen molar-refractivity contribution in [3.63, 3.8) is 0 Å². The number of aromatic nitrogens is 1. The zero-order chi connectivity index (χ0) is 18.8. The van der Waals surface area contributed by atoms with Crippen LogP contribution in [0.4, 0.5) is 5.69 Å². The lowest BCUT2D eigenvalue weighted by Gasteiger charge is -2.15. The minimum Gasteiger partial charge on any atom is -0.480 e. The minimum atomic E-state index is -0.888. The topological polar surface area (TPSA) is 74.3 Å². The van der Waals surface area contributed by atoms with Gasteiger partial charge < -0.3 is 20.1 Å². The molecule has 5 heteroatoms. The summed E-state index contributed by atoms with van der Waals surface area (Å²) < 4.78 is 6.17. The van der Waals surface area contributed by atoms with Gasteiger partial charge in [0.2, 0.25) is 0 Å². The van der Waals surface area contributed by atoms with Crippen LogP contribution in [0.5, 0.6) is 11.5 Å². The highest BCUT2D eigenvalue weighted by atomic mass is 16.5. The third kappa shape index (κ3) is 3.67. The van der Waals surface area contributed by atoms with Crippen molar-refractivity contribution in [2.45, 2.75) is 33.6 Å². The van der Waals surface area contributed by atoms with E-state index in [0.29, 0.717) is 5.92 Å². The molecule has 0 radical (unpaired) electrons. The number of hydrogen-bond acceptors (Lipinski definition) is 3. The van der Waals surface area contributed by atoms with Gasteiger partial charge >= 0.3 is 5.97 Å². The third-order valence-electron chi connectivity index (χ3n) is 4.43. The van der Waals surface area contributed by atoms with Crippen molar-refractivity contribution in [1.29, 1.82) is 0 Å². The maximum atomic E-state index is 10.7. The molecule has 0 saturated heterocycles. The van der Waals surface area contributed by atoms with E-state index in [1.54, 1.807) is 0 Å². The summed E-state index contributed by atoms with van der Waals surface area (Å²) in [5.41, 5.74) is 5.06. The van der Waals surface area contributed by atoms with Crippen LogP contribution in [-0.4, -0.2) is 22.6 Å². The SMILES string of the molecule is Cc1cc(NCC(=O)O)cc(C)c1Oc1ccc2[nH]cc(C(C)C)c2c1. The van der Waals surface area contributed by atoms with Crippen LogP contribution < -0.4 is 10.1 Å². The van der Waals surface area contributed by atoms with Crippen LogP contribution in [0.1, 0.15) is 36.5 Å². The fourth-order valence-electron chi connectivity index (χ4n) is 3.17. The molecule has 136 valence electrons. The molecule has 3 N–H and O–H groups in total. The Morgan fingerprint density at radius 3 is 2.50 bits per heavy atom. The first-order valence-corrected chi connectivity index (χ1v) is 8.71. The molecule has 0 aliphatic heterocycles. The lowest BCUT2D eigenvalue weighted by molar-refractivity contribution is -0.134. The first-order chi connectivity index (χ1) is 12.3. The van der Waals surface area contributed by atoms with E-state index in [-0.39, 0.29) is 6.54 Å². The second kappa shape index (κ2) is 7.12. The molecule has 0 fully saturated rings. The number of nitrogens with one attached hydrogen (secondary N) is 2. The molecule has 0 atom stereocenters. The maximum absolute atomic E-state index is 10.7. The van der Waals surface area contributed by atoms with Gasteiger partial charge in [0.15, 0.2) is 0 Å². The maximum Gasteiger partial charge on any atom is 0.322 e. The average Bonchev–Trinajstić information content (AvgIpc) is 2.99. The van der Waals surface area contributed by atoms with Crippen molar-refractivity contribution in [3.8, 4) is 11.5 Å². The van der Waals surface area contributed by atoms with Gasteiger partial charge in [-0.25, -0.2) is 0 Å². The quantitative estimate of drug-likeness (QED) is 0.570. The highest BCUT2D eigenvalue weighted by molar-refractivity contribution is 5.85. The number of ether oxygens (including phenoxy) is 1. The summed E-state index contributed by atoms with van der Waals surface area (Å²) in [7, 11) is 0. The van der Waals surface area contributed by atoms with Gasteiger partial charge in [-0.2, -0.15) is 0 Å². The standard InChI is InChI=1S/C21H24N2O3/c1-12(2)18-10-23-19-6-5-16(9-17(18)19)26-21-13(3)7-15(8-14(21)4)22-11-20(24)25/h5-10,12,22-23H,11H2,1-4H3,(H,24,25).